The maximum absolute atomic E-state index is 12.7. The molecule has 32 heavy (non-hydrogen) atoms. The number of hydrogen-bond donors (Lipinski definition) is 1. The Morgan fingerprint density at radius 3 is 2.69 bits per heavy atom. The van der Waals surface area contributed by atoms with Crippen molar-refractivity contribution in [1.29, 1.82) is 0 Å². The number of nitrogens with zero attached hydrogens (tertiary/aromatic N) is 2. The zero-order valence-corrected chi connectivity index (χ0v) is 19.8. The van der Waals surface area contributed by atoms with Crippen molar-refractivity contribution in [3.05, 3.63) is 70.4 Å². The number of rotatable bonds is 8. The van der Waals surface area contributed by atoms with E-state index in [9.17, 15) is 4.79 Å². The number of para-hydroxylation sites is 1. The zero-order valence-electron chi connectivity index (χ0n) is 19.0. The summed E-state index contributed by atoms with van der Waals surface area (Å²) >= 11 is 1.51. The first-order chi connectivity index (χ1) is 15.5. The minimum Gasteiger partial charge on any atom is -0.496 e. The van der Waals surface area contributed by atoms with Gasteiger partial charge in [0, 0.05) is 45.0 Å². The van der Waals surface area contributed by atoms with E-state index in [1.54, 1.807) is 7.11 Å². The van der Waals surface area contributed by atoms with Crippen molar-refractivity contribution < 1.29 is 9.53 Å². The van der Waals surface area contributed by atoms with Crippen LogP contribution in [0.1, 0.15) is 21.7 Å². The van der Waals surface area contributed by atoms with E-state index >= 15 is 0 Å². The molecule has 168 valence electrons. The summed E-state index contributed by atoms with van der Waals surface area (Å²) in [6.45, 7) is 3.64. The second-order valence-electron chi connectivity index (χ2n) is 8.55. The number of nitrogens with one attached hydrogen (secondary N) is 1. The van der Waals surface area contributed by atoms with E-state index < -0.39 is 0 Å². The Balaban J connectivity index is 1.28. The molecule has 6 heteroatoms. The van der Waals surface area contributed by atoms with Crippen LogP contribution in [0.4, 0.5) is 5.69 Å². The Labute approximate surface area is 194 Å². The maximum Gasteiger partial charge on any atom is 0.261 e. The van der Waals surface area contributed by atoms with Gasteiger partial charge in [0.05, 0.1) is 12.0 Å². The number of carbonyl (C=O) groups excluding carboxylic acids is 1. The molecule has 5 nitrogen and oxygen atoms in total. The van der Waals surface area contributed by atoms with Gasteiger partial charge in [0.15, 0.2) is 0 Å². The summed E-state index contributed by atoms with van der Waals surface area (Å²) in [6, 6.07) is 18.6. The smallest absolute Gasteiger partial charge is 0.261 e. The molecule has 1 amide bonds. The van der Waals surface area contributed by atoms with Crippen LogP contribution < -0.4 is 15.0 Å². The van der Waals surface area contributed by atoms with Gasteiger partial charge in [-0.3, -0.25) is 9.69 Å². The highest BCUT2D eigenvalue weighted by Gasteiger charge is 2.24. The van der Waals surface area contributed by atoms with Gasteiger partial charge in [-0.25, -0.2) is 0 Å². The fraction of sp³-hybridized carbons (Fsp3) is 0.346. The normalized spacial score (nSPS) is 16.2. The summed E-state index contributed by atoms with van der Waals surface area (Å²) in [5, 5.41) is 5.21. The van der Waals surface area contributed by atoms with Crippen LogP contribution in [0.2, 0.25) is 0 Å². The number of methoxy groups -OCH3 is 1. The topological polar surface area (TPSA) is 44.8 Å². The molecule has 2 aromatic carbocycles. The molecular formula is C26H31N3O2S. The second kappa shape index (κ2) is 10.2. The number of ether oxygens (including phenoxy) is 1. The average Bonchev–Trinajstić information content (AvgIpc) is 3.48. The summed E-state index contributed by atoms with van der Waals surface area (Å²) in [5.74, 6) is 1.44. The van der Waals surface area contributed by atoms with Crippen molar-refractivity contribution >= 4 is 22.9 Å². The molecule has 1 N–H and O–H groups in total. The molecule has 1 fully saturated rings. The fourth-order valence-electron chi connectivity index (χ4n) is 4.18. The molecule has 4 rings (SSSR count). The summed E-state index contributed by atoms with van der Waals surface area (Å²) in [6.07, 6.45) is 1.10. The molecule has 1 unspecified atom stereocenters. The van der Waals surface area contributed by atoms with Gasteiger partial charge >= 0.3 is 0 Å². The Bertz CT molecular complexity index is 1050. The second-order valence-corrected chi connectivity index (χ2v) is 9.46. The predicted molar refractivity (Wildman–Crippen MR) is 133 cm³/mol. The van der Waals surface area contributed by atoms with Crippen molar-refractivity contribution in [2.45, 2.75) is 13.0 Å². The van der Waals surface area contributed by atoms with Gasteiger partial charge in [-0.1, -0.05) is 30.3 Å². The van der Waals surface area contributed by atoms with Crippen LogP contribution in [0.5, 0.6) is 5.75 Å². The molecule has 0 bridgehead atoms. The van der Waals surface area contributed by atoms with Crippen molar-refractivity contribution in [3.8, 4) is 16.9 Å². The van der Waals surface area contributed by atoms with Gasteiger partial charge in [0.1, 0.15) is 5.75 Å². The van der Waals surface area contributed by atoms with E-state index in [2.05, 4.69) is 56.9 Å². The first-order valence-electron chi connectivity index (χ1n) is 11.0. The van der Waals surface area contributed by atoms with E-state index in [1.807, 2.05) is 32.3 Å². The third-order valence-corrected chi connectivity index (χ3v) is 6.98. The van der Waals surface area contributed by atoms with Crippen molar-refractivity contribution in [3.63, 3.8) is 0 Å². The molecule has 0 spiro atoms. The van der Waals surface area contributed by atoms with Gasteiger partial charge in [0.2, 0.25) is 0 Å². The number of carbonyl (C=O) groups is 1. The molecule has 0 saturated carbocycles. The van der Waals surface area contributed by atoms with E-state index in [4.69, 9.17) is 4.74 Å². The van der Waals surface area contributed by atoms with Gasteiger partial charge in [-0.2, -0.15) is 0 Å². The average molecular weight is 450 g/mol. The first kappa shape index (κ1) is 22.4. The molecular weight excluding hydrogens is 418 g/mol. The number of anilines is 1. The Hall–Kier alpha value is -2.83. The van der Waals surface area contributed by atoms with E-state index in [-0.39, 0.29) is 5.91 Å². The standard InChI is InChI=1S/C26H31N3O2S/c1-28(2)23-10-8-20(9-11-23)22-14-25(32-18-22)26(30)27-15-19-12-13-29(16-19)17-21-6-4-5-7-24(21)31-3/h4-11,14,18-19H,12-13,15-17H2,1-3H3,(H,27,30). The number of amides is 1. The Morgan fingerprint density at radius 1 is 1.16 bits per heavy atom. The number of thiophene rings is 1. The minimum atomic E-state index is 0.0225. The maximum atomic E-state index is 12.7. The van der Waals surface area contributed by atoms with Crippen molar-refractivity contribution in [2.24, 2.45) is 5.92 Å². The van der Waals surface area contributed by atoms with Crippen LogP contribution >= 0.6 is 11.3 Å². The SMILES string of the molecule is COc1ccccc1CN1CCC(CNC(=O)c2cc(-c3ccc(N(C)C)cc3)cs2)C1. The molecule has 1 aliphatic rings. The number of likely N-dealkylation sites (tertiary alicyclic amines) is 1. The number of hydrogen-bond acceptors (Lipinski definition) is 5. The highest BCUT2D eigenvalue weighted by atomic mass is 32.1. The predicted octanol–water partition coefficient (Wildman–Crippen LogP) is 4.74. The van der Waals surface area contributed by atoms with Gasteiger partial charge in [-0.05, 0) is 59.7 Å². The lowest BCUT2D eigenvalue weighted by Gasteiger charge is -2.18. The molecule has 0 aliphatic carbocycles. The quantitative estimate of drug-likeness (QED) is 0.539. The van der Waals surface area contributed by atoms with Gasteiger partial charge in [-0.15, -0.1) is 11.3 Å². The third-order valence-electron chi connectivity index (χ3n) is 6.05. The van der Waals surface area contributed by atoms with Gasteiger partial charge < -0.3 is 15.0 Å². The van der Waals surface area contributed by atoms with E-state index in [0.717, 1.165) is 47.8 Å². The van der Waals surface area contributed by atoms with Crippen LogP contribution in [0.15, 0.2) is 60.0 Å². The van der Waals surface area contributed by atoms with E-state index in [0.29, 0.717) is 12.5 Å². The van der Waals surface area contributed by atoms with Crippen molar-refractivity contribution in [2.75, 3.05) is 45.7 Å². The van der Waals surface area contributed by atoms with Gasteiger partial charge in [0.25, 0.3) is 5.91 Å². The summed E-state index contributed by atoms with van der Waals surface area (Å²) < 4.78 is 5.48. The third kappa shape index (κ3) is 5.31. The molecule has 0 radical (unpaired) electrons. The summed E-state index contributed by atoms with van der Waals surface area (Å²) in [7, 11) is 5.78. The molecule has 1 atom stereocenters. The van der Waals surface area contributed by atoms with Crippen LogP contribution in [-0.4, -0.2) is 51.6 Å². The minimum absolute atomic E-state index is 0.0225. The summed E-state index contributed by atoms with van der Waals surface area (Å²) in [5.41, 5.74) is 4.60. The molecule has 3 aromatic rings. The monoisotopic (exact) mass is 449 g/mol. The van der Waals surface area contributed by atoms with Crippen LogP contribution in [-0.2, 0) is 6.54 Å². The Kier molecular flexibility index (Phi) is 7.12. The highest BCUT2D eigenvalue weighted by Crippen LogP contribution is 2.28. The molecule has 2 heterocycles. The number of benzene rings is 2. The van der Waals surface area contributed by atoms with Crippen LogP contribution in [0.3, 0.4) is 0 Å². The molecule has 1 aromatic heterocycles. The van der Waals surface area contributed by atoms with Crippen LogP contribution in [0, 0.1) is 5.92 Å². The van der Waals surface area contributed by atoms with E-state index in [1.165, 1.54) is 22.6 Å². The molecule has 1 aliphatic heterocycles. The van der Waals surface area contributed by atoms with Crippen molar-refractivity contribution in [1.82, 2.24) is 10.2 Å². The first-order valence-corrected chi connectivity index (χ1v) is 11.9. The zero-order chi connectivity index (χ0) is 22.5. The molecule has 1 saturated heterocycles. The Morgan fingerprint density at radius 2 is 1.94 bits per heavy atom. The highest BCUT2D eigenvalue weighted by molar-refractivity contribution is 7.12. The fourth-order valence-corrected chi connectivity index (χ4v) is 5.01. The largest absolute Gasteiger partial charge is 0.496 e. The lowest BCUT2D eigenvalue weighted by atomic mass is 10.1. The lowest BCUT2D eigenvalue weighted by molar-refractivity contribution is 0.0951. The lowest BCUT2D eigenvalue weighted by Crippen LogP contribution is -2.30. The van der Waals surface area contributed by atoms with Crippen LogP contribution in [0.25, 0.3) is 11.1 Å². The summed E-state index contributed by atoms with van der Waals surface area (Å²) in [4.78, 5) is 18.0.